The fraction of sp³-hybridized carbons (Fsp3) is 0.533. The maximum atomic E-state index is 5.83. The monoisotopic (exact) mass is 275 g/mol. The molecule has 1 unspecified atom stereocenters. The minimum atomic E-state index is 0.247. The number of nitrogens with one attached hydrogen (secondary N) is 1. The summed E-state index contributed by atoms with van der Waals surface area (Å²) >= 11 is 1.75. The minimum absolute atomic E-state index is 0.247. The SMILES string of the molecule is NNC(c1cnc2ccsc2c1)C1CCCCCC1. The Bertz CT molecular complexity index is 529. The maximum Gasteiger partial charge on any atom is 0.0809 e. The van der Waals surface area contributed by atoms with Gasteiger partial charge in [0.1, 0.15) is 0 Å². The highest BCUT2D eigenvalue weighted by molar-refractivity contribution is 7.17. The van der Waals surface area contributed by atoms with Gasteiger partial charge in [-0.1, -0.05) is 25.7 Å². The molecule has 4 heteroatoms. The average molecular weight is 275 g/mol. The molecule has 1 saturated carbocycles. The van der Waals surface area contributed by atoms with Crippen molar-refractivity contribution in [1.29, 1.82) is 0 Å². The molecule has 0 radical (unpaired) electrons. The van der Waals surface area contributed by atoms with E-state index in [-0.39, 0.29) is 6.04 Å². The van der Waals surface area contributed by atoms with Crippen molar-refractivity contribution in [3.8, 4) is 0 Å². The van der Waals surface area contributed by atoms with Gasteiger partial charge in [-0.05, 0) is 41.8 Å². The highest BCUT2D eigenvalue weighted by Gasteiger charge is 2.23. The molecule has 0 bridgehead atoms. The molecular formula is C15H21N3S. The van der Waals surface area contributed by atoms with Crippen molar-refractivity contribution in [3.05, 3.63) is 29.3 Å². The van der Waals surface area contributed by atoms with Crippen LogP contribution in [0.2, 0.25) is 0 Å². The Balaban J connectivity index is 1.87. The summed E-state index contributed by atoms with van der Waals surface area (Å²) in [5.74, 6) is 6.48. The second kappa shape index (κ2) is 5.99. The van der Waals surface area contributed by atoms with Crippen molar-refractivity contribution in [2.24, 2.45) is 11.8 Å². The topological polar surface area (TPSA) is 50.9 Å². The van der Waals surface area contributed by atoms with Crippen molar-refractivity contribution in [2.75, 3.05) is 0 Å². The van der Waals surface area contributed by atoms with Crippen molar-refractivity contribution < 1.29 is 0 Å². The highest BCUT2D eigenvalue weighted by atomic mass is 32.1. The lowest BCUT2D eigenvalue weighted by Gasteiger charge is -2.25. The molecule has 1 aliphatic rings. The zero-order chi connectivity index (χ0) is 13.1. The molecule has 0 aliphatic heterocycles. The number of fused-ring (bicyclic) bond motifs is 1. The van der Waals surface area contributed by atoms with Crippen LogP contribution in [0.5, 0.6) is 0 Å². The molecule has 3 nitrogen and oxygen atoms in total. The van der Waals surface area contributed by atoms with Gasteiger partial charge < -0.3 is 0 Å². The summed E-state index contributed by atoms with van der Waals surface area (Å²) in [5, 5.41) is 2.10. The quantitative estimate of drug-likeness (QED) is 0.509. The molecule has 1 atom stereocenters. The van der Waals surface area contributed by atoms with E-state index in [1.165, 1.54) is 48.8 Å². The molecule has 2 aromatic rings. The van der Waals surface area contributed by atoms with E-state index in [4.69, 9.17) is 5.84 Å². The number of nitrogens with two attached hydrogens (primary N) is 1. The third kappa shape index (κ3) is 2.81. The summed E-state index contributed by atoms with van der Waals surface area (Å²) in [6.07, 6.45) is 9.94. The minimum Gasteiger partial charge on any atom is -0.271 e. The maximum absolute atomic E-state index is 5.83. The molecule has 0 spiro atoms. The van der Waals surface area contributed by atoms with Gasteiger partial charge in [0.2, 0.25) is 0 Å². The van der Waals surface area contributed by atoms with Crippen molar-refractivity contribution in [3.63, 3.8) is 0 Å². The Morgan fingerprint density at radius 2 is 2.05 bits per heavy atom. The van der Waals surface area contributed by atoms with E-state index in [1.54, 1.807) is 11.3 Å². The number of rotatable bonds is 3. The molecule has 102 valence electrons. The normalized spacial score (nSPS) is 19.4. The van der Waals surface area contributed by atoms with Gasteiger partial charge in [0.05, 0.1) is 16.3 Å². The van der Waals surface area contributed by atoms with Crippen LogP contribution in [0, 0.1) is 5.92 Å². The number of hydrogen-bond acceptors (Lipinski definition) is 4. The molecule has 19 heavy (non-hydrogen) atoms. The van der Waals surface area contributed by atoms with E-state index in [9.17, 15) is 0 Å². The number of nitrogens with zero attached hydrogens (tertiary/aromatic N) is 1. The fourth-order valence-corrected chi connectivity index (χ4v) is 3.97. The van der Waals surface area contributed by atoms with Crippen LogP contribution in [0.4, 0.5) is 0 Å². The Morgan fingerprint density at radius 1 is 1.26 bits per heavy atom. The molecule has 2 aromatic heterocycles. The Labute approximate surface area is 118 Å². The van der Waals surface area contributed by atoms with Gasteiger partial charge in [0.15, 0.2) is 0 Å². The average Bonchev–Trinajstić information content (AvgIpc) is 2.74. The molecular weight excluding hydrogens is 254 g/mol. The number of hydrogen-bond donors (Lipinski definition) is 2. The lowest BCUT2D eigenvalue weighted by molar-refractivity contribution is 0.329. The first-order valence-corrected chi connectivity index (χ1v) is 8.06. The fourth-order valence-electron chi connectivity index (χ4n) is 3.18. The van der Waals surface area contributed by atoms with Crippen molar-refractivity contribution >= 4 is 21.6 Å². The van der Waals surface area contributed by atoms with Crippen LogP contribution in [0.25, 0.3) is 10.2 Å². The van der Waals surface area contributed by atoms with Crippen LogP contribution in [0.1, 0.15) is 50.1 Å². The standard InChI is InChI=1S/C15H21N3S/c16-18-15(11-5-3-1-2-4-6-11)12-9-14-13(17-10-12)7-8-19-14/h7-11,15,18H,1-6,16H2. The Morgan fingerprint density at radius 3 is 2.79 bits per heavy atom. The highest BCUT2D eigenvalue weighted by Crippen LogP contribution is 2.34. The van der Waals surface area contributed by atoms with Gasteiger partial charge in [-0.15, -0.1) is 11.3 Å². The molecule has 2 heterocycles. The molecule has 3 rings (SSSR count). The van der Waals surface area contributed by atoms with Gasteiger partial charge >= 0.3 is 0 Å². The first kappa shape index (κ1) is 13.0. The zero-order valence-electron chi connectivity index (χ0n) is 11.1. The molecule has 0 amide bonds. The third-order valence-electron chi connectivity index (χ3n) is 4.23. The van der Waals surface area contributed by atoms with Crippen LogP contribution in [0.3, 0.4) is 0 Å². The number of pyridine rings is 1. The van der Waals surface area contributed by atoms with E-state index < -0.39 is 0 Å². The van der Waals surface area contributed by atoms with Gasteiger partial charge in [-0.2, -0.15) is 0 Å². The van der Waals surface area contributed by atoms with Crippen molar-refractivity contribution in [1.82, 2.24) is 10.4 Å². The molecule has 0 aromatic carbocycles. The van der Waals surface area contributed by atoms with Crippen LogP contribution in [0.15, 0.2) is 23.7 Å². The van der Waals surface area contributed by atoms with E-state index in [1.807, 2.05) is 6.20 Å². The first-order valence-electron chi connectivity index (χ1n) is 7.18. The van der Waals surface area contributed by atoms with Crippen molar-refractivity contribution in [2.45, 2.75) is 44.6 Å². The molecule has 0 saturated heterocycles. The van der Waals surface area contributed by atoms with Gasteiger partial charge in [-0.3, -0.25) is 16.3 Å². The van der Waals surface area contributed by atoms with E-state index in [0.717, 1.165) is 5.52 Å². The molecule has 3 N–H and O–H groups in total. The van der Waals surface area contributed by atoms with Gasteiger partial charge in [0.25, 0.3) is 0 Å². The van der Waals surface area contributed by atoms with Gasteiger partial charge in [0, 0.05) is 6.20 Å². The van der Waals surface area contributed by atoms with E-state index in [0.29, 0.717) is 5.92 Å². The lowest BCUT2D eigenvalue weighted by atomic mass is 9.88. The summed E-state index contributed by atoms with van der Waals surface area (Å²) < 4.78 is 1.26. The van der Waals surface area contributed by atoms with Crippen LogP contribution < -0.4 is 11.3 Å². The Kier molecular flexibility index (Phi) is 4.11. The van der Waals surface area contributed by atoms with E-state index in [2.05, 4.69) is 27.9 Å². The number of hydrazine groups is 1. The van der Waals surface area contributed by atoms with Gasteiger partial charge in [-0.25, -0.2) is 0 Å². The van der Waals surface area contributed by atoms with Crippen LogP contribution >= 0.6 is 11.3 Å². The Hall–Kier alpha value is -0.970. The molecule has 1 aliphatic carbocycles. The largest absolute Gasteiger partial charge is 0.271 e. The number of thiophene rings is 1. The zero-order valence-corrected chi connectivity index (χ0v) is 12.0. The first-order chi connectivity index (χ1) is 9.38. The second-order valence-electron chi connectivity index (χ2n) is 5.47. The third-order valence-corrected chi connectivity index (χ3v) is 5.09. The lowest BCUT2D eigenvalue weighted by Crippen LogP contribution is -2.33. The van der Waals surface area contributed by atoms with Crippen LogP contribution in [-0.2, 0) is 0 Å². The predicted octanol–water partition coefficient (Wildman–Crippen LogP) is 3.77. The second-order valence-corrected chi connectivity index (χ2v) is 6.42. The molecule has 1 fully saturated rings. The predicted molar refractivity (Wildman–Crippen MR) is 80.9 cm³/mol. The van der Waals surface area contributed by atoms with Crippen LogP contribution in [-0.4, -0.2) is 4.98 Å². The number of aromatic nitrogens is 1. The summed E-state index contributed by atoms with van der Waals surface area (Å²) in [5.41, 5.74) is 5.37. The summed E-state index contributed by atoms with van der Waals surface area (Å²) in [7, 11) is 0. The summed E-state index contributed by atoms with van der Waals surface area (Å²) in [4.78, 5) is 4.54. The summed E-state index contributed by atoms with van der Waals surface area (Å²) in [6, 6.07) is 4.57. The smallest absolute Gasteiger partial charge is 0.0809 e. The van der Waals surface area contributed by atoms with E-state index >= 15 is 0 Å². The summed E-state index contributed by atoms with van der Waals surface area (Å²) in [6.45, 7) is 0.